The number of halogens is 3. The fourth-order valence-corrected chi connectivity index (χ4v) is 3.81. The first-order valence-electron chi connectivity index (χ1n) is 10.3. The van der Waals surface area contributed by atoms with E-state index in [0.717, 1.165) is 17.5 Å². The van der Waals surface area contributed by atoms with Gasteiger partial charge in [0.25, 0.3) is 5.91 Å². The number of hydrogen-bond acceptors (Lipinski definition) is 4. The monoisotopic (exact) mass is 558 g/mol. The van der Waals surface area contributed by atoms with E-state index in [1.165, 1.54) is 13.2 Å². The molecule has 0 unspecified atom stereocenters. The molecule has 3 rings (SSSR count). The summed E-state index contributed by atoms with van der Waals surface area (Å²) in [5.74, 6) is 0.427. The van der Waals surface area contributed by atoms with Crippen LogP contribution in [0.4, 0.5) is 5.69 Å². The molecule has 0 radical (unpaired) electrons. The van der Waals surface area contributed by atoms with Gasteiger partial charge in [0.15, 0.2) is 11.5 Å². The van der Waals surface area contributed by atoms with Gasteiger partial charge in [-0.3, -0.25) is 4.79 Å². The largest absolute Gasteiger partial charge is 0.493 e. The molecule has 174 valence electrons. The van der Waals surface area contributed by atoms with Crippen molar-refractivity contribution in [1.82, 2.24) is 0 Å². The molecule has 0 saturated heterocycles. The number of amides is 1. The maximum Gasteiger partial charge on any atom is 0.266 e. The minimum atomic E-state index is -0.502. The van der Waals surface area contributed by atoms with Crippen molar-refractivity contribution in [3.63, 3.8) is 0 Å². The smallest absolute Gasteiger partial charge is 0.266 e. The van der Waals surface area contributed by atoms with Crippen LogP contribution in [0.25, 0.3) is 6.08 Å². The molecule has 34 heavy (non-hydrogen) atoms. The average molecular weight is 560 g/mol. The van der Waals surface area contributed by atoms with Gasteiger partial charge in [0.05, 0.1) is 17.2 Å². The molecule has 0 aliphatic rings. The third-order valence-electron chi connectivity index (χ3n) is 4.95. The van der Waals surface area contributed by atoms with Gasteiger partial charge in [-0.25, -0.2) is 0 Å². The molecule has 0 atom stereocenters. The molecule has 0 bridgehead atoms. The number of hydrogen-bond donors (Lipinski definition) is 1. The Morgan fingerprint density at radius 1 is 1.06 bits per heavy atom. The molecule has 0 fully saturated rings. The Morgan fingerprint density at radius 3 is 2.38 bits per heavy atom. The number of anilines is 1. The van der Waals surface area contributed by atoms with Crippen LogP contribution in [0.15, 0.2) is 64.6 Å². The molecule has 0 aromatic heterocycles. The van der Waals surface area contributed by atoms with Gasteiger partial charge in [-0.05, 0) is 65.6 Å². The van der Waals surface area contributed by atoms with E-state index in [4.69, 9.17) is 32.7 Å². The fraction of sp³-hybridized carbons (Fsp3) is 0.154. The van der Waals surface area contributed by atoms with E-state index in [1.807, 2.05) is 36.4 Å². The summed E-state index contributed by atoms with van der Waals surface area (Å²) in [6, 6.07) is 18.1. The van der Waals surface area contributed by atoms with Crippen LogP contribution in [0, 0.1) is 11.3 Å². The molecule has 0 spiro atoms. The molecule has 0 aliphatic carbocycles. The Bertz CT molecular complexity index is 1270. The second kappa shape index (κ2) is 11.9. The zero-order valence-corrected chi connectivity index (χ0v) is 21.6. The molecule has 3 aromatic carbocycles. The van der Waals surface area contributed by atoms with Crippen LogP contribution in [0.1, 0.15) is 23.6 Å². The van der Waals surface area contributed by atoms with E-state index < -0.39 is 5.91 Å². The van der Waals surface area contributed by atoms with Crippen LogP contribution in [0.2, 0.25) is 10.0 Å². The number of rotatable bonds is 8. The van der Waals surface area contributed by atoms with E-state index in [9.17, 15) is 10.1 Å². The second-order valence-corrected chi connectivity index (χ2v) is 8.90. The van der Waals surface area contributed by atoms with E-state index in [1.54, 1.807) is 24.3 Å². The van der Waals surface area contributed by atoms with Gasteiger partial charge in [0.2, 0.25) is 0 Å². The van der Waals surface area contributed by atoms with E-state index in [-0.39, 0.29) is 12.2 Å². The Kier molecular flexibility index (Phi) is 9.00. The molecular formula is C26H21BrCl2N2O3. The molecule has 8 heteroatoms. The highest BCUT2D eigenvalue weighted by molar-refractivity contribution is 9.10. The van der Waals surface area contributed by atoms with Crippen molar-refractivity contribution in [3.8, 4) is 17.6 Å². The van der Waals surface area contributed by atoms with Crippen molar-refractivity contribution in [1.29, 1.82) is 5.26 Å². The van der Waals surface area contributed by atoms with Gasteiger partial charge in [0.1, 0.15) is 18.2 Å². The van der Waals surface area contributed by atoms with Crippen molar-refractivity contribution in [2.45, 2.75) is 20.0 Å². The summed E-state index contributed by atoms with van der Waals surface area (Å²) in [6.07, 6.45) is 2.39. The molecule has 1 amide bonds. The summed E-state index contributed by atoms with van der Waals surface area (Å²) < 4.78 is 12.0. The topological polar surface area (TPSA) is 71.4 Å². The number of nitrogens with one attached hydrogen (secondary N) is 1. The normalized spacial score (nSPS) is 11.0. The van der Waals surface area contributed by atoms with Crippen LogP contribution in [0.3, 0.4) is 0 Å². The molecule has 3 aromatic rings. The molecule has 5 nitrogen and oxygen atoms in total. The predicted molar refractivity (Wildman–Crippen MR) is 140 cm³/mol. The minimum Gasteiger partial charge on any atom is -0.493 e. The minimum absolute atomic E-state index is 0.0493. The van der Waals surface area contributed by atoms with Crippen molar-refractivity contribution in [2.75, 3.05) is 12.4 Å². The lowest BCUT2D eigenvalue weighted by molar-refractivity contribution is -0.112. The molecule has 1 N–H and O–H groups in total. The van der Waals surface area contributed by atoms with Crippen LogP contribution in [0.5, 0.6) is 11.5 Å². The number of carbonyl (C=O) groups excluding carboxylic acids is 1. The summed E-state index contributed by atoms with van der Waals surface area (Å²) in [5, 5.41) is 13.2. The van der Waals surface area contributed by atoms with Crippen LogP contribution >= 0.6 is 39.1 Å². The standard InChI is InChI=1S/C26H21BrCl2N2O3/c1-3-16-4-7-20(8-5-16)31-26(32)19(14-30)11-18-12-24(33-2)25(13-21(18)27)34-15-17-6-9-22(28)23(29)10-17/h4-13H,3,15H2,1-2H3,(H,31,32)/b19-11+. The van der Waals surface area contributed by atoms with Crippen LogP contribution in [-0.4, -0.2) is 13.0 Å². The summed E-state index contributed by atoms with van der Waals surface area (Å²) in [5.41, 5.74) is 3.16. The Balaban J connectivity index is 1.80. The Hall–Kier alpha value is -2.98. The van der Waals surface area contributed by atoms with Crippen molar-refractivity contribution in [2.24, 2.45) is 0 Å². The molecule has 0 heterocycles. The van der Waals surface area contributed by atoms with Gasteiger partial charge in [-0.1, -0.05) is 64.3 Å². The van der Waals surface area contributed by atoms with Crippen LogP contribution in [-0.2, 0) is 17.8 Å². The van der Waals surface area contributed by atoms with E-state index in [2.05, 4.69) is 28.2 Å². The molecule has 0 saturated carbocycles. The van der Waals surface area contributed by atoms with E-state index in [0.29, 0.717) is 37.3 Å². The number of ether oxygens (including phenoxy) is 2. The summed E-state index contributed by atoms with van der Waals surface area (Å²) in [6.45, 7) is 2.30. The highest BCUT2D eigenvalue weighted by Gasteiger charge is 2.14. The molecule has 0 aliphatic heterocycles. The lowest BCUT2D eigenvalue weighted by atomic mass is 10.1. The average Bonchev–Trinajstić information content (AvgIpc) is 2.84. The van der Waals surface area contributed by atoms with E-state index >= 15 is 0 Å². The first-order chi connectivity index (χ1) is 16.3. The second-order valence-electron chi connectivity index (χ2n) is 7.24. The number of benzene rings is 3. The quantitative estimate of drug-likeness (QED) is 0.230. The highest BCUT2D eigenvalue weighted by atomic mass is 79.9. The number of nitrogens with zero attached hydrogens (tertiary/aromatic N) is 1. The Labute approximate surface area is 217 Å². The van der Waals surface area contributed by atoms with Gasteiger partial charge in [0, 0.05) is 10.2 Å². The van der Waals surface area contributed by atoms with Crippen molar-refractivity contribution in [3.05, 3.63) is 91.4 Å². The number of nitriles is 1. The first-order valence-corrected chi connectivity index (χ1v) is 11.9. The summed E-state index contributed by atoms with van der Waals surface area (Å²) >= 11 is 15.5. The lowest BCUT2D eigenvalue weighted by Gasteiger charge is -2.13. The van der Waals surface area contributed by atoms with Gasteiger partial charge < -0.3 is 14.8 Å². The number of aryl methyl sites for hydroxylation is 1. The number of methoxy groups -OCH3 is 1. The third kappa shape index (κ3) is 6.54. The van der Waals surface area contributed by atoms with Crippen molar-refractivity contribution >= 4 is 56.8 Å². The predicted octanol–water partition coefficient (Wildman–Crippen LogP) is 7.45. The number of carbonyl (C=O) groups is 1. The fourth-order valence-electron chi connectivity index (χ4n) is 3.05. The lowest BCUT2D eigenvalue weighted by Crippen LogP contribution is -2.13. The summed E-state index contributed by atoms with van der Waals surface area (Å²) in [7, 11) is 1.51. The zero-order chi connectivity index (χ0) is 24.7. The third-order valence-corrected chi connectivity index (χ3v) is 6.37. The molecular weight excluding hydrogens is 539 g/mol. The first kappa shape index (κ1) is 25.6. The van der Waals surface area contributed by atoms with Gasteiger partial charge in [-0.15, -0.1) is 0 Å². The zero-order valence-electron chi connectivity index (χ0n) is 18.5. The van der Waals surface area contributed by atoms with Gasteiger partial charge in [-0.2, -0.15) is 5.26 Å². The SMILES string of the molecule is CCc1ccc(NC(=O)/C(C#N)=C/c2cc(OC)c(OCc3ccc(Cl)c(Cl)c3)cc2Br)cc1. The summed E-state index contributed by atoms with van der Waals surface area (Å²) in [4.78, 5) is 12.7. The highest BCUT2D eigenvalue weighted by Crippen LogP contribution is 2.35. The van der Waals surface area contributed by atoms with Crippen LogP contribution < -0.4 is 14.8 Å². The Morgan fingerprint density at radius 2 is 1.76 bits per heavy atom. The maximum absolute atomic E-state index is 12.7. The maximum atomic E-state index is 12.7. The van der Waals surface area contributed by atoms with Gasteiger partial charge >= 0.3 is 0 Å². The van der Waals surface area contributed by atoms with Crippen molar-refractivity contribution < 1.29 is 14.3 Å².